The monoisotopic (exact) mass is 618 g/mol. The highest BCUT2D eigenvalue weighted by Crippen LogP contribution is 2.43. The van der Waals surface area contributed by atoms with E-state index in [1.165, 1.54) is 55.1 Å². The predicted molar refractivity (Wildman–Crippen MR) is 203 cm³/mol. The van der Waals surface area contributed by atoms with E-state index in [4.69, 9.17) is 4.74 Å². The van der Waals surface area contributed by atoms with Crippen molar-refractivity contribution in [1.82, 2.24) is 0 Å². The maximum absolute atomic E-state index is 6.93. The summed E-state index contributed by atoms with van der Waals surface area (Å²) in [5.74, 6) is 1.80. The van der Waals surface area contributed by atoms with Gasteiger partial charge in [0.1, 0.15) is 11.5 Å². The van der Waals surface area contributed by atoms with Crippen LogP contribution in [0.2, 0.25) is 0 Å². The summed E-state index contributed by atoms with van der Waals surface area (Å²) in [7, 11) is 0. The summed E-state index contributed by atoms with van der Waals surface area (Å²) in [6.45, 7) is 8.73. The zero-order valence-corrected chi connectivity index (χ0v) is 27.7. The average Bonchev–Trinajstić information content (AvgIpc) is 3.11. The lowest BCUT2D eigenvalue weighted by molar-refractivity contribution is 0.487. The zero-order chi connectivity index (χ0) is 32.5. The zero-order valence-electron chi connectivity index (χ0n) is 27.7. The maximum atomic E-state index is 6.93. The maximum Gasteiger partial charge on any atom is 0.257 e. The normalized spacial score (nSPS) is 12.7. The van der Waals surface area contributed by atoms with E-state index in [9.17, 15) is 0 Å². The molecule has 0 atom stereocenters. The molecule has 0 N–H and O–H groups in total. The predicted octanol–water partition coefficient (Wildman–Crippen LogP) is 9.95. The van der Waals surface area contributed by atoms with Crippen molar-refractivity contribution in [3.8, 4) is 11.5 Å². The van der Waals surface area contributed by atoms with E-state index in [0.717, 1.165) is 39.9 Å². The van der Waals surface area contributed by atoms with Gasteiger partial charge in [-0.3, -0.25) is 0 Å². The Balaban J connectivity index is 1.27. The summed E-state index contributed by atoms with van der Waals surface area (Å²) in [6, 6.07) is 50.8. The van der Waals surface area contributed by atoms with Gasteiger partial charge in [-0.15, -0.1) is 0 Å². The number of fused-ring (bicyclic) bond motifs is 6. The molecule has 2 aliphatic heterocycles. The van der Waals surface area contributed by atoms with Crippen LogP contribution >= 0.6 is 0 Å². The molecule has 0 fully saturated rings. The Morgan fingerprint density at radius 1 is 0.500 bits per heavy atom. The third kappa shape index (κ3) is 4.36. The van der Waals surface area contributed by atoms with Crippen LogP contribution in [0.25, 0.3) is 10.8 Å². The molecule has 2 aliphatic rings. The Bertz CT molecular complexity index is 2350. The molecule has 3 nitrogen and oxygen atoms in total. The van der Waals surface area contributed by atoms with Crippen molar-refractivity contribution >= 4 is 68.0 Å². The number of benzene rings is 7. The van der Waals surface area contributed by atoms with E-state index in [1.807, 2.05) is 0 Å². The first-order valence-electron chi connectivity index (χ1n) is 16.7. The Hall–Kier alpha value is -5.74. The summed E-state index contributed by atoms with van der Waals surface area (Å²) in [6.07, 6.45) is 0. The molecule has 0 aromatic heterocycles. The summed E-state index contributed by atoms with van der Waals surface area (Å²) in [5, 5.41) is 2.51. The van der Waals surface area contributed by atoms with Gasteiger partial charge in [0, 0.05) is 40.2 Å². The molecule has 4 heteroatoms. The highest BCUT2D eigenvalue weighted by atomic mass is 16.5. The number of rotatable bonds is 4. The molecule has 230 valence electrons. The Morgan fingerprint density at radius 3 is 1.88 bits per heavy atom. The van der Waals surface area contributed by atoms with Crippen molar-refractivity contribution in [2.45, 2.75) is 27.7 Å². The SMILES string of the molecule is Cc1ccc(N(c2ccc(C)c(C)c2)c2ccc3c(c2)Oc2cccc4c2B3c2c(ccc3ccccc23)N4c2ccccc2)cc1C. The van der Waals surface area contributed by atoms with Crippen LogP contribution in [-0.4, -0.2) is 6.71 Å². The van der Waals surface area contributed by atoms with Gasteiger partial charge >= 0.3 is 0 Å². The van der Waals surface area contributed by atoms with Gasteiger partial charge < -0.3 is 14.5 Å². The standard InChI is InChI=1S/C44H35BN2O/c1-28-17-20-34(25-30(28)3)46(35-21-18-29(2)31(4)26-35)36-22-23-38-42(27-36)48-41-16-10-15-39-44(41)45(38)43-37-14-9-8-11-32(37)19-24-40(43)47(39)33-12-6-5-7-13-33/h5-27H,1-4H3. The fraction of sp³-hybridized carbons (Fsp3) is 0.0909. The molecule has 9 rings (SSSR count). The molecule has 0 aliphatic carbocycles. The van der Waals surface area contributed by atoms with Crippen molar-refractivity contribution < 1.29 is 4.74 Å². The molecule has 7 aromatic carbocycles. The van der Waals surface area contributed by atoms with Crippen LogP contribution in [-0.2, 0) is 0 Å². The number of anilines is 6. The average molecular weight is 619 g/mol. The van der Waals surface area contributed by atoms with Gasteiger partial charge in [-0.25, -0.2) is 0 Å². The minimum Gasteiger partial charge on any atom is -0.458 e. The third-order valence-electron chi connectivity index (χ3n) is 10.3. The number of ether oxygens (including phenoxy) is 1. The fourth-order valence-electron chi connectivity index (χ4n) is 7.61. The van der Waals surface area contributed by atoms with Crippen LogP contribution < -0.4 is 30.9 Å². The van der Waals surface area contributed by atoms with Gasteiger partial charge in [0.25, 0.3) is 6.71 Å². The van der Waals surface area contributed by atoms with Crippen LogP contribution in [0.3, 0.4) is 0 Å². The van der Waals surface area contributed by atoms with Crippen molar-refractivity contribution in [3.05, 3.63) is 162 Å². The molecule has 0 unspecified atom stereocenters. The van der Waals surface area contributed by atoms with Gasteiger partial charge in [-0.05, 0) is 138 Å². The lowest BCUT2D eigenvalue weighted by Crippen LogP contribution is -2.59. The van der Waals surface area contributed by atoms with Crippen LogP contribution in [0.1, 0.15) is 22.3 Å². The van der Waals surface area contributed by atoms with Crippen molar-refractivity contribution in [2.24, 2.45) is 0 Å². The van der Waals surface area contributed by atoms with Crippen LogP contribution in [0, 0.1) is 27.7 Å². The molecule has 0 bridgehead atoms. The largest absolute Gasteiger partial charge is 0.458 e. The number of hydrogen-bond donors (Lipinski definition) is 0. The first kappa shape index (κ1) is 28.5. The number of aryl methyl sites for hydroxylation is 4. The summed E-state index contributed by atoms with van der Waals surface area (Å²) in [4.78, 5) is 4.76. The molecule has 0 saturated carbocycles. The highest BCUT2D eigenvalue weighted by molar-refractivity contribution is 7.00. The summed E-state index contributed by atoms with van der Waals surface area (Å²) in [5.41, 5.74) is 15.7. The molecule has 0 spiro atoms. The smallest absolute Gasteiger partial charge is 0.257 e. The molecule has 0 radical (unpaired) electrons. The van der Waals surface area contributed by atoms with E-state index < -0.39 is 0 Å². The van der Waals surface area contributed by atoms with Crippen molar-refractivity contribution in [2.75, 3.05) is 9.80 Å². The van der Waals surface area contributed by atoms with E-state index >= 15 is 0 Å². The molecular weight excluding hydrogens is 583 g/mol. The van der Waals surface area contributed by atoms with Crippen molar-refractivity contribution in [1.29, 1.82) is 0 Å². The molecular formula is C44H35BN2O. The number of para-hydroxylation sites is 1. The van der Waals surface area contributed by atoms with Gasteiger partial charge in [0.05, 0.1) is 0 Å². The van der Waals surface area contributed by atoms with Gasteiger partial charge in [-0.1, -0.05) is 72.8 Å². The fourth-order valence-corrected chi connectivity index (χ4v) is 7.61. The van der Waals surface area contributed by atoms with Gasteiger partial charge in [-0.2, -0.15) is 0 Å². The molecule has 0 amide bonds. The highest BCUT2D eigenvalue weighted by Gasteiger charge is 2.42. The first-order valence-corrected chi connectivity index (χ1v) is 16.7. The van der Waals surface area contributed by atoms with E-state index in [2.05, 4.69) is 177 Å². The lowest BCUT2D eigenvalue weighted by Gasteiger charge is -2.40. The topological polar surface area (TPSA) is 15.7 Å². The van der Waals surface area contributed by atoms with Gasteiger partial charge in [0.2, 0.25) is 0 Å². The molecule has 48 heavy (non-hydrogen) atoms. The second kappa shape index (κ2) is 10.9. The Kier molecular flexibility index (Phi) is 6.48. The number of nitrogens with zero attached hydrogens (tertiary/aromatic N) is 2. The molecule has 2 heterocycles. The lowest BCUT2D eigenvalue weighted by atomic mass is 9.33. The van der Waals surface area contributed by atoms with Crippen LogP contribution in [0.15, 0.2) is 140 Å². The second-order valence-corrected chi connectivity index (χ2v) is 13.2. The Morgan fingerprint density at radius 2 is 1.15 bits per heavy atom. The summed E-state index contributed by atoms with van der Waals surface area (Å²) < 4.78 is 6.93. The Labute approximate surface area is 282 Å². The minimum atomic E-state index is 0.0201. The first-order chi connectivity index (χ1) is 23.5. The van der Waals surface area contributed by atoms with Crippen LogP contribution in [0.4, 0.5) is 34.1 Å². The van der Waals surface area contributed by atoms with E-state index in [0.29, 0.717) is 0 Å². The van der Waals surface area contributed by atoms with Crippen LogP contribution in [0.5, 0.6) is 11.5 Å². The number of hydrogen-bond acceptors (Lipinski definition) is 3. The third-order valence-corrected chi connectivity index (χ3v) is 10.3. The molecule has 0 saturated heterocycles. The van der Waals surface area contributed by atoms with Crippen molar-refractivity contribution in [3.63, 3.8) is 0 Å². The second-order valence-electron chi connectivity index (χ2n) is 13.2. The molecule has 7 aromatic rings. The minimum absolute atomic E-state index is 0.0201. The van der Waals surface area contributed by atoms with Gasteiger partial charge in [0.15, 0.2) is 0 Å². The quantitative estimate of drug-likeness (QED) is 0.183. The summed E-state index contributed by atoms with van der Waals surface area (Å²) >= 11 is 0. The van der Waals surface area contributed by atoms with E-state index in [-0.39, 0.29) is 6.71 Å². The van der Waals surface area contributed by atoms with E-state index in [1.54, 1.807) is 0 Å².